The Morgan fingerprint density at radius 2 is 0.583 bits per heavy atom. The summed E-state index contributed by atoms with van der Waals surface area (Å²) in [6.07, 6.45) is -8.78. The van der Waals surface area contributed by atoms with Crippen molar-refractivity contribution < 1.29 is 49.8 Å². The fraction of sp³-hybridized carbons (Fsp3) is 0.0690. The van der Waals surface area contributed by atoms with Gasteiger partial charge in [0, 0.05) is 11.1 Å². The average molecular weight is 1010 g/mol. The molecule has 0 aliphatic carbocycles. The van der Waals surface area contributed by atoms with E-state index in [0.29, 0.717) is 12.3 Å². The standard InChI is InChI=1S/2C25H21FP.C8H3BF6O3/c2*26-25-19-11-10-12-21(25)20-27(22-13-4-1-5-14-22,23-15-6-2-7-16-23)24-17-8-3-9-18-24;10-7(11,12)4-1-5(8(13,14)15)3-6(2-4)18-9(16)17/h2*1-19H,20H2;1-3H/q2*+1;-2. The van der Waals surface area contributed by atoms with E-state index in [1.165, 1.54) is 31.8 Å². The molecule has 0 saturated carbocycles. The molecular weight excluding hydrogens is 969 g/mol. The van der Waals surface area contributed by atoms with Crippen LogP contribution in [-0.2, 0) is 24.7 Å². The predicted molar refractivity (Wildman–Crippen MR) is 273 cm³/mol. The van der Waals surface area contributed by atoms with E-state index < -0.39 is 51.1 Å². The second kappa shape index (κ2) is 24.0. The van der Waals surface area contributed by atoms with Crippen molar-refractivity contribution in [2.45, 2.75) is 24.7 Å². The summed E-state index contributed by atoms with van der Waals surface area (Å²) in [5, 5.41) is 27.8. The van der Waals surface area contributed by atoms with Crippen LogP contribution >= 0.6 is 14.5 Å². The summed E-state index contributed by atoms with van der Waals surface area (Å²) in [4.78, 5) is 0. The number of hydrogen-bond donors (Lipinski definition) is 0. The zero-order valence-electron chi connectivity index (χ0n) is 38.3. The minimum atomic E-state index is -5.05. The summed E-state index contributed by atoms with van der Waals surface area (Å²) < 4.78 is 107. The summed E-state index contributed by atoms with van der Waals surface area (Å²) in [7, 11) is -7.10. The molecule has 0 atom stereocenters. The molecule has 0 aliphatic rings. The first kappa shape index (κ1) is 52.9. The maximum Gasteiger partial charge on any atom is 0.416 e. The molecule has 3 nitrogen and oxygen atoms in total. The fourth-order valence-electron chi connectivity index (χ4n) is 8.41. The third-order valence-electron chi connectivity index (χ3n) is 11.7. The third-order valence-corrected chi connectivity index (χ3v) is 20.4. The molecule has 0 aromatic heterocycles. The van der Waals surface area contributed by atoms with E-state index >= 15 is 0 Å². The van der Waals surface area contributed by atoms with E-state index in [9.17, 15) is 45.2 Å². The first-order valence-corrected chi connectivity index (χ1v) is 26.4. The van der Waals surface area contributed by atoms with E-state index in [1.807, 2.05) is 60.7 Å². The largest absolute Gasteiger partial charge is 0.860 e. The zero-order valence-corrected chi connectivity index (χ0v) is 40.1. The molecule has 0 aliphatic heterocycles. The Balaban J connectivity index is 0.000000162. The molecule has 0 spiro atoms. The van der Waals surface area contributed by atoms with Crippen molar-refractivity contribution >= 4 is 53.7 Å². The lowest BCUT2D eigenvalue weighted by Crippen LogP contribution is -2.50. The van der Waals surface area contributed by atoms with Gasteiger partial charge in [0.05, 0.1) is 16.9 Å². The van der Waals surface area contributed by atoms with Crippen molar-refractivity contribution in [3.63, 3.8) is 0 Å². The maximum absolute atomic E-state index is 14.7. The summed E-state index contributed by atoms with van der Waals surface area (Å²) in [6, 6.07) is 77.9. The van der Waals surface area contributed by atoms with Crippen molar-refractivity contribution in [3.05, 3.63) is 283 Å². The first-order valence-electron chi connectivity index (χ1n) is 22.5. The van der Waals surface area contributed by atoms with Gasteiger partial charge in [0.15, 0.2) is 0 Å². The van der Waals surface area contributed by atoms with E-state index in [4.69, 9.17) is 0 Å². The zero-order chi connectivity index (χ0) is 51.2. The Morgan fingerprint density at radius 1 is 0.347 bits per heavy atom. The molecule has 9 aromatic rings. The summed E-state index contributed by atoms with van der Waals surface area (Å²) in [5.74, 6) is -1.35. The van der Waals surface area contributed by atoms with Gasteiger partial charge in [-0.3, -0.25) is 0 Å². The van der Waals surface area contributed by atoms with Crippen LogP contribution < -0.4 is 46.5 Å². The highest BCUT2D eigenvalue weighted by Gasteiger charge is 2.47. The molecule has 0 bridgehead atoms. The van der Waals surface area contributed by atoms with E-state index in [1.54, 1.807) is 24.3 Å². The Labute approximate surface area is 414 Å². The number of rotatable bonds is 12. The highest BCUT2D eigenvalue weighted by Crippen LogP contribution is 2.59. The van der Waals surface area contributed by atoms with Gasteiger partial charge in [-0.2, -0.15) is 26.3 Å². The number of halogens is 8. The Bertz CT molecular complexity index is 2690. The average Bonchev–Trinajstić information content (AvgIpc) is 3.39. The highest BCUT2D eigenvalue weighted by atomic mass is 31.2. The second-order valence-electron chi connectivity index (χ2n) is 16.3. The minimum absolute atomic E-state index is 0.135. The SMILES string of the molecule is Fc1ccccc1C[P+](c1ccccc1)(c1ccccc1)c1ccccc1.Fc1ccccc1C[P+](c1ccccc1)(c1ccccc1)c1ccccc1.[O-]B([O-])Oc1cc(C(F)(F)F)cc(C(F)(F)F)c1. The summed E-state index contributed by atoms with van der Waals surface area (Å²) in [6.45, 7) is 0. The summed E-state index contributed by atoms with van der Waals surface area (Å²) in [5.41, 5.74) is -1.79. The van der Waals surface area contributed by atoms with Gasteiger partial charge in [0.1, 0.15) is 77.6 Å². The van der Waals surface area contributed by atoms with Gasteiger partial charge < -0.3 is 14.7 Å². The van der Waals surface area contributed by atoms with Gasteiger partial charge in [-0.1, -0.05) is 146 Å². The molecular formula is C58H45BF8O3P2. The van der Waals surface area contributed by atoms with Crippen LogP contribution in [0, 0.1) is 11.6 Å². The molecule has 14 heteroatoms. The Morgan fingerprint density at radius 3 is 0.806 bits per heavy atom. The van der Waals surface area contributed by atoms with Crippen LogP contribution in [0.5, 0.6) is 5.75 Å². The number of alkyl halides is 6. The second-order valence-corrected chi connectivity index (χ2v) is 23.2. The van der Waals surface area contributed by atoms with Crippen LogP contribution in [0.4, 0.5) is 35.1 Å². The van der Waals surface area contributed by atoms with Gasteiger partial charge in [0.2, 0.25) is 0 Å². The lowest BCUT2D eigenvalue weighted by atomic mass is 10.1. The molecule has 0 N–H and O–H groups in total. The van der Waals surface area contributed by atoms with Crippen molar-refractivity contribution in [3.8, 4) is 5.75 Å². The van der Waals surface area contributed by atoms with Crippen molar-refractivity contribution in [1.29, 1.82) is 0 Å². The number of benzene rings is 9. The molecule has 0 radical (unpaired) electrons. The van der Waals surface area contributed by atoms with E-state index in [-0.39, 0.29) is 29.8 Å². The molecule has 364 valence electrons. The molecule has 0 fully saturated rings. The smallest absolute Gasteiger partial charge is 0.416 e. The topological polar surface area (TPSA) is 55.3 Å². The van der Waals surface area contributed by atoms with Crippen LogP contribution in [-0.4, -0.2) is 7.32 Å². The molecule has 0 unspecified atom stereocenters. The normalized spacial score (nSPS) is 11.6. The minimum Gasteiger partial charge on any atom is -0.860 e. The molecule has 72 heavy (non-hydrogen) atoms. The first-order chi connectivity index (χ1) is 34.6. The fourth-order valence-corrected chi connectivity index (χ4v) is 16.9. The van der Waals surface area contributed by atoms with Crippen molar-refractivity contribution in [2.75, 3.05) is 0 Å². The van der Waals surface area contributed by atoms with Crippen LogP contribution in [0.2, 0.25) is 0 Å². The van der Waals surface area contributed by atoms with Crippen LogP contribution in [0.1, 0.15) is 22.3 Å². The number of hydrogen-bond acceptors (Lipinski definition) is 3. The van der Waals surface area contributed by atoms with E-state index in [2.05, 4.69) is 150 Å². The molecule has 0 saturated heterocycles. The Kier molecular flexibility index (Phi) is 17.6. The lowest BCUT2D eigenvalue weighted by molar-refractivity contribution is -0.372. The predicted octanol–water partition coefficient (Wildman–Crippen LogP) is 11.4. The quantitative estimate of drug-likeness (QED) is 0.0696. The van der Waals surface area contributed by atoms with Crippen molar-refractivity contribution in [2.24, 2.45) is 0 Å². The van der Waals surface area contributed by atoms with Gasteiger partial charge in [-0.05, 0) is 103 Å². The van der Waals surface area contributed by atoms with Crippen LogP contribution in [0.15, 0.2) is 249 Å². The van der Waals surface area contributed by atoms with Gasteiger partial charge >= 0.3 is 12.4 Å². The van der Waals surface area contributed by atoms with Crippen LogP contribution in [0.25, 0.3) is 0 Å². The highest BCUT2D eigenvalue weighted by molar-refractivity contribution is 7.95. The van der Waals surface area contributed by atoms with Crippen molar-refractivity contribution in [1.82, 2.24) is 0 Å². The van der Waals surface area contributed by atoms with E-state index in [0.717, 1.165) is 11.1 Å². The molecule has 9 aromatic carbocycles. The monoisotopic (exact) mass is 1010 g/mol. The molecule has 9 rings (SSSR count). The van der Waals surface area contributed by atoms with Gasteiger partial charge in [-0.25, -0.2) is 8.78 Å². The van der Waals surface area contributed by atoms with Crippen LogP contribution in [0.3, 0.4) is 0 Å². The lowest BCUT2D eigenvalue weighted by Gasteiger charge is -2.28. The molecule has 0 amide bonds. The summed E-state index contributed by atoms with van der Waals surface area (Å²) >= 11 is 0. The Hall–Kier alpha value is -6.94. The van der Waals surface area contributed by atoms with Gasteiger partial charge in [0.25, 0.3) is 0 Å². The van der Waals surface area contributed by atoms with Gasteiger partial charge in [-0.15, -0.1) is 0 Å². The third kappa shape index (κ3) is 12.9. The molecule has 0 heterocycles. The maximum atomic E-state index is 14.7.